The number of ether oxygens (including phenoxy) is 1. The Morgan fingerprint density at radius 2 is 2.40 bits per heavy atom. The van der Waals surface area contributed by atoms with Crippen molar-refractivity contribution in [2.75, 3.05) is 26.8 Å². The summed E-state index contributed by atoms with van der Waals surface area (Å²) < 4.78 is 10.6. The van der Waals surface area contributed by atoms with Gasteiger partial charge in [0.05, 0.1) is 26.0 Å². The molecule has 0 spiro atoms. The lowest BCUT2D eigenvalue weighted by molar-refractivity contribution is 0.170. The van der Waals surface area contributed by atoms with E-state index in [0.717, 1.165) is 25.5 Å². The lowest BCUT2D eigenvalue weighted by Gasteiger charge is -2.21. The van der Waals surface area contributed by atoms with E-state index in [4.69, 9.17) is 14.9 Å². The predicted octanol–water partition coefficient (Wildman–Crippen LogP) is 0.685. The summed E-state index contributed by atoms with van der Waals surface area (Å²) in [7, 11) is 2.08. The third-order valence-electron chi connectivity index (χ3n) is 2.80. The van der Waals surface area contributed by atoms with Crippen LogP contribution in [0.2, 0.25) is 0 Å². The normalized spacial score (nSPS) is 26.3. The first-order chi connectivity index (χ1) is 7.25. The number of furan rings is 1. The molecule has 0 aromatic carbocycles. The van der Waals surface area contributed by atoms with E-state index < -0.39 is 0 Å². The second-order valence-corrected chi connectivity index (χ2v) is 4.24. The Kier molecular flexibility index (Phi) is 3.41. The minimum Gasteiger partial charge on any atom is -0.468 e. The van der Waals surface area contributed by atoms with E-state index >= 15 is 0 Å². The predicted molar refractivity (Wildman–Crippen MR) is 57.3 cm³/mol. The molecule has 1 aliphatic heterocycles. The quantitative estimate of drug-likeness (QED) is 0.794. The van der Waals surface area contributed by atoms with E-state index in [1.54, 1.807) is 6.26 Å². The fourth-order valence-electron chi connectivity index (χ4n) is 1.94. The van der Waals surface area contributed by atoms with Crippen LogP contribution in [-0.2, 0) is 11.3 Å². The first kappa shape index (κ1) is 10.7. The van der Waals surface area contributed by atoms with E-state index in [2.05, 4.69) is 11.9 Å². The standard InChI is InChI=1S/C11H18N2O2/c1-13(6-10-3-2-4-15-10)5-9-7-14-8-11(9)12/h2-4,9,11H,5-8,12H2,1H3. The lowest BCUT2D eigenvalue weighted by Crippen LogP contribution is -2.36. The van der Waals surface area contributed by atoms with Gasteiger partial charge in [-0.15, -0.1) is 0 Å². The Balaban J connectivity index is 1.79. The number of nitrogens with two attached hydrogens (primary N) is 1. The third-order valence-corrected chi connectivity index (χ3v) is 2.80. The van der Waals surface area contributed by atoms with Gasteiger partial charge in [0, 0.05) is 18.5 Å². The Bertz CT molecular complexity index is 287. The average Bonchev–Trinajstić information content (AvgIpc) is 2.79. The molecule has 2 heterocycles. The first-order valence-corrected chi connectivity index (χ1v) is 5.30. The van der Waals surface area contributed by atoms with Gasteiger partial charge in [-0.1, -0.05) is 0 Å². The zero-order valence-electron chi connectivity index (χ0n) is 9.06. The molecule has 0 bridgehead atoms. The highest BCUT2D eigenvalue weighted by Gasteiger charge is 2.25. The van der Waals surface area contributed by atoms with E-state index in [1.165, 1.54) is 0 Å². The van der Waals surface area contributed by atoms with Crippen molar-refractivity contribution in [1.29, 1.82) is 0 Å². The molecule has 1 aromatic rings. The van der Waals surface area contributed by atoms with Crippen LogP contribution in [-0.4, -0.2) is 37.7 Å². The van der Waals surface area contributed by atoms with Crippen molar-refractivity contribution in [3.8, 4) is 0 Å². The molecule has 1 saturated heterocycles. The smallest absolute Gasteiger partial charge is 0.117 e. The Hall–Kier alpha value is -0.840. The second-order valence-electron chi connectivity index (χ2n) is 4.24. The molecular weight excluding hydrogens is 192 g/mol. The van der Waals surface area contributed by atoms with Crippen LogP contribution in [0, 0.1) is 5.92 Å². The highest BCUT2D eigenvalue weighted by molar-refractivity contribution is 4.97. The summed E-state index contributed by atoms with van der Waals surface area (Å²) in [5, 5.41) is 0. The molecule has 2 rings (SSSR count). The van der Waals surface area contributed by atoms with E-state index in [0.29, 0.717) is 12.5 Å². The molecule has 1 aliphatic rings. The molecule has 2 atom stereocenters. The highest BCUT2D eigenvalue weighted by Crippen LogP contribution is 2.14. The van der Waals surface area contributed by atoms with Crippen molar-refractivity contribution in [1.82, 2.24) is 4.90 Å². The molecule has 2 unspecified atom stereocenters. The van der Waals surface area contributed by atoms with Crippen LogP contribution in [0.15, 0.2) is 22.8 Å². The van der Waals surface area contributed by atoms with Crippen molar-refractivity contribution in [2.45, 2.75) is 12.6 Å². The van der Waals surface area contributed by atoms with Crippen LogP contribution in [0.25, 0.3) is 0 Å². The fourth-order valence-corrected chi connectivity index (χ4v) is 1.94. The van der Waals surface area contributed by atoms with Crippen molar-refractivity contribution >= 4 is 0 Å². The Labute approximate surface area is 90.0 Å². The third kappa shape index (κ3) is 2.81. The molecule has 0 aliphatic carbocycles. The topological polar surface area (TPSA) is 51.6 Å². The van der Waals surface area contributed by atoms with E-state index in [1.807, 2.05) is 12.1 Å². The molecule has 4 nitrogen and oxygen atoms in total. The Morgan fingerprint density at radius 3 is 3.00 bits per heavy atom. The molecule has 4 heteroatoms. The average molecular weight is 210 g/mol. The van der Waals surface area contributed by atoms with Crippen LogP contribution < -0.4 is 5.73 Å². The van der Waals surface area contributed by atoms with Gasteiger partial charge in [0.1, 0.15) is 5.76 Å². The maximum absolute atomic E-state index is 5.93. The van der Waals surface area contributed by atoms with Gasteiger partial charge in [-0.05, 0) is 19.2 Å². The van der Waals surface area contributed by atoms with Crippen LogP contribution in [0.1, 0.15) is 5.76 Å². The van der Waals surface area contributed by atoms with Gasteiger partial charge in [0.2, 0.25) is 0 Å². The monoisotopic (exact) mass is 210 g/mol. The van der Waals surface area contributed by atoms with Crippen LogP contribution >= 0.6 is 0 Å². The van der Waals surface area contributed by atoms with Crippen LogP contribution in [0.3, 0.4) is 0 Å². The summed E-state index contributed by atoms with van der Waals surface area (Å²) in [5.74, 6) is 1.44. The zero-order chi connectivity index (χ0) is 10.7. The molecule has 15 heavy (non-hydrogen) atoms. The summed E-state index contributed by atoms with van der Waals surface area (Å²) in [6, 6.07) is 4.08. The van der Waals surface area contributed by atoms with Crippen molar-refractivity contribution < 1.29 is 9.15 Å². The molecule has 0 amide bonds. The van der Waals surface area contributed by atoms with Gasteiger partial charge in [0.15, 0.2) is 0 Å². The molecular formula is C11H18N2O2. The Morgan fingerprint density at radius 1 is 1.53 bits per heavy atom. The van der Waals surface area contributed by atoms with E-state index in [9.17, 15) is 0 Å². The first-order valence-electron chi connectivity index (χ1n) is 5.30. The number of rotatable bonds is 4. The maximum Gasteiger partial charge on any atom is 0.117 e. The SMILES string of the molecule is CN(Cc1ccco1)CC1COCC1N. The number of hydrogen-bond acceptors (Lipinski definition) is 4. The number of nitrogens with zero attached hydrogens (tertiary/aromatic N) is 1. The number of hydrogen-bond donors (Lipinski definition) is 1. The van der Waals surface area contributed by atoms with Gasteiger partial charge >= 0.3 is 0 Å². The summed E-state index contributed by atoms with van der Waals surface area (Å²) in [6.07, 6.45) is 1.70. The van der Waals surface area contributed by atoms with Crippen molar-refractivity contribution in [3.05, 3.63) is 24.2 Å². The zero-order valence-corrected chi connectivity index (χ0v) is 9.06. The molecule has 2 N–H and O–H groups in total. The largest absolute Gasteiger partial charge is 0.468 e. The van der Waals surface area contributed by atoms with Crippen molar-refractivity contribution in [2.24, 2.45) is 11.7 Å². The summed E-state index contributed by atoms with van der Waals surface area (Å²) in [6.45, 7) is 3.26. The van der Waals surface area contributed by atoms with Gasteiger partial charge in [-0.3, -0.25) is 4.90 Å². The van der Waals surface area contributed by atoms with E-state index in [-0.39, 0.29) is 6.04 Å². The van der Waals surface area contributed by atoms with Gasteiger partial charge in [-0.25, -0.2) is 0 Å². The highest BCUT2D eigenvalue weighted by atomic mass is 16.5. The van der Waals surface area contributed by atoms with Gasteiger partial charge in [0.25, 0.3) is 0 Å². The molecule has 84 valence electrons. The lowest BCUT2D eigenvalue weighted by atomic mass is 10.0. The molecule has 0 saturated carbocycles. The molecule has 1 aromatic heterocycles. The summed E-state index contributed by atoms with van der Waals surface area (Å²) in [4.78, 5) is 2.22. The van der Waals surface area contributed by atoms with Crippen molar-refractivity contribution in [3.63, 3.8) is 0 Å². The maximum atomic E-state index is 5.93. The second kappa shape index (κ2) is 4.79. The van der Waals surface area contributed by atoms with Gasteiger partial charge < -0.3 is 14.9 Å². The van der Waals surface area contributed by atoms with Crippen LogP contribution in [0.4, 0.5) is 0 Å². The minimum atomic E-state index is 0.184. The van der Waals surface area contributed by atoms with Gasteiger partial charge in [-0.2, -0.15) is 0 Å². The van der Waals surface area contributed by atoms with Crippen LogP contribution in [0.5, 0.6) is 0 Å². The summed E-state index contributed by atoms with van der Waals surface area (Å²) >= 11 is 0. The minimum absolute atomic E-state index is 0.184. The molecule has 1 fully saturated rings. The summed E-state index contributed by atoms with van der Waals surface area (Å²) in [5.41, 5.74) is 5.93. The molecule has 0 radical (unpaired) electrons. The fraction of sp³-hybridized carbons (Fsp3) is 0.636.